The van der Waals surface area contributed by atoms with Gasteiger partial charge >= 0.3 is 0 Å². The van der Waals surface area contributed by atoms with Crippen LogP contribution in [0.3, 0.4) is 0 Å². The molecular weight excluding hydrogens is 356 g/mol. The molecule has 3 rings (SSSR count). The Kier molecular flexibility index (Phi) is 5.27. The number of sulfonamides is 1. The van der Waals surface area contributed by atoms with Crippen LogP contribution >= 0.6 is 11.3 Å². The van der Waals surface area contributed by atoms with Gasteiger partial charge in [-0.2, -0.15) is 4.31 Å². The number of nitrogens with zero attached hydrogens (tertiary/aromatic N) is 1. The van der Waals surface area contributed by atoms with Gasteiger partial charge in [0.25, 0.3) is 10.0 Å². The molecule has 0 saturated carbocycles. The van der Waals surface area contributed by atoms with Crippen LogP contribution in [0.2, 0.25) is 0 Å². The lowest BCUT2D eigenvalue weighted by atomic mass is 9.97. The number of anilines is 1. The van der Waals surface area contributed by atoms with Crippen LogP contribution in [0.25, 0.3) is 0 Å². The number of carbonyl (C=O) groups is 1. The monoisotopic (exact) mass is 378 g/mol. The standard InChI is InChI=1S/C18H22N2O3S2/c1-13-4-3-5-16(12-13)19-18(21)15-8-10-20(11-9-15)25(22,23)17-7-6-14(2)24-17/h3-7,12,15H,8-11H2,1-2H3,(H,19,21). The quantitative estimate of drug-likeness (QED) is 0.887. The highest BCUT2D eigenvalue weighted by Gasteiger charge is 2.32. The van der Waals surface area contributed by atoms with Gasteiger partial charge in [-0.3, -0.25) is 4.79 Å². The number of amides is 1. The van der Waals surface area contributed by atoms with Crippen LogP contribution in [0.15, 0.2) is 40.6 Å². The summed E-state index contributed by atoms with van der Waals surface area (Å²) in [6.07, 6.45) is 1.09. The smallest absolute Gasteiger partial charge is 0.252 e. The van der Waals surface area contributed by atoms with Gasteiger partial charge in [0.15, 0.2) is 0 Å². The van der Waals surface area contributed by atoms with Crippen molar-refractivity contribution in [1.29, 1.82) is 0 Å². The molecule has 1 saturated heterocycles. The van der Waals surface area contributed by atoms with Crippen molar-refractivity contribution in [1.82, 2.24) is 4.31 Å². The average Bonchev–Trinajstić information content (AvgIpc) is 3.02. The Morgan fingerprint density at radius 2 is 1.88 bits per heavy atom. The minimum atomic E-state index is -3.43. The molecule has 0 atom stereocenters. The maximum Gasteiger partial charge on any atom is 0.252 e. The summed E-state index contributed by atoms with van der Waals surface area (Å²) in [5.74, 6) is -0.188. The molecule has 2 aromatic rings. The number of hydrogen-bond acceptors (Lipinski definition) is 4. The molecule has 1 fully saturated rings. The van der Waals surface area contributed by atoms with Gasteiger partial charge in [-0.1, -0.05) is 12.1 Å². The Balaban J connectivity index is 1.61. The number of rotatable bonds is 4. The fourth-order valence-corrected chi connectivity index (χ4v) is 5.91. The molecule has 1 aliphatic heterocycles. The van der Waals surface area contributed by atoms with Crippen LogP contribution in [0.5, 0.6) is 0 Å². The lowest BCUT2D eigenvalue weighted by Gasteiger charge is -2.30. The van der Waals surface area contributed by atoms with E-state index >= 15 is 0 Å². The molecule has 5 nitrogen and oxygen atoms in total. The van der Waals surface area contributed by atoms with E-state index in [0.717, 1.165) is 16.1 Å². The van der Waals surface area contributed by atoms with Crippen molar-refractivity contribution in [2.75, 3.05) is 18.4 Å². The lowest BCUT2D eigenvalue weighted by Crippen LogP contribution is -2.41. The zero-order valence-corrected chi connectivity index (χ0v) is 16.0. The van der Waals surface area contributed by atoms with Crippen LogP contribution < -0.4 is 5.32 Å². The number of piperidine rings is 1. The summed E-state index contributed by atoms with van der Waals surface area (Å²) >= 11 is 1.29. The van der Waals surface area contributed by atoms with Crippen molar-refractivity contribution in [3.05, 3.63) is 46.8 Å². The van der Waals surface area contributed by atoms with Gasteiger partial charge in [0.1, 0.15) is 4.21 Å². The van der Waals surface area contributed by atoms with Gasteiger partial charge in [-0.15, -0.1) is 11.3 Å². The number of benzene rings is 1. The third-order valence-corrected chi connectivity index (χ3v) is 7.79. The number of aryl methyl sites for hydroxylation is 2. The van der Waals surface area contributed by atoms with Crippen molar-refractivity contribution >= 4 is 33.0 Å². The topological polar surface area (TPSA) is 66.5 Å². The maximum absolute atomic E-state index is 12.6. The zero-order chi connectivity index (χ0) is 18.0. The molecule has 134 valence electrons. The molecular formula is C18H22N2O3S2. The average molecular weight is 379 g/mol. The van der Waals surface area contributed by atoms with Crippen molar-refractivity contribution in [2.45, 2.75) is 30.9 Å². The first-order valence-corrected chi connectivity index (χ1v) is 10.6. The Hall–Kier alpha value is -1.70. The fourth-order valence-electron chi connectivity index (χ4n) is 3.00. The van der Waals surface area contributed by atoms with Crippen molar-refractivity contribution in [2.24, 2.45) is 5.92 Å². The van der Waals surface area contributed by atoms with Gasteiger partial charge in [0.05, 0.1) is 0 Å². The van der Waals surface area contributed by atoms with E-state index in [-0.39, 0.29) is 11.8 Å². The van der Waals surface area contributed by atoms with Gasteiger partial charge in [0.2, 0.25) is 5.91 Å². The predicted octanol–water partition coefficient (Wildman–Crippen LogP) is 3.40. The number of carbonyl (C=O) groups excluding carboxylic acids is 1. The molecule has 2 heterocycles. The summed E-state index contributed by atoms with van der Waals surface area (Å²) in [5.41, 5.74) is 1.87. The summed E-state index contributed by atoms with van der Waals surface area (Å²) in [5, 5.41) is 2.94. The zero-order valence-electron chi connectivity index (χ0n) is 14.4. The Bertz CT molecular complexity index is 866. The van der Waals surface area contributed by atoms with Crippen LogP contribution in [0, 0.1) is 19.8 Å². The summed E-state index contributed by atoms with van der Waals surface area (Å²) in [4.78, 5) is 13.4. The number of thiophene rings is 1. The van der Waals surface area contributed by atoms with E-state index in [1.54, 1.807) is 6.07 Å². The molecule has 0 bridgehead atoms. The largest absolute Gasteiger partial charge is 0.326 e. The second kappa shape index (κ2) is 7.27. The van der Waals surface area contributed by atoms with E-state index in [0.29, 0.717) is 30.1 Å². The van der Waals surface area contributed by atoms with E-state index in [2.05, 4.69) is 5.32 Å². The minimum absolute atomic E-state index is 0.0328. The molecule has 1 N–H and O–H groups in total. The predicted molar refractivity (Wildman–Crippen MR) is 100 cm³/mol. The first-order valence-electron chi connectivity index (χ1n) is 8.30. The van der Waals surface area contributed by atoms with E-state index in [9.17, 15) is 13.2 Å². The maximum atomic E-state index is 12.6. The number of hydrogen-bond donors (Lipinski definition) is 1. The third kappa shape index (κ3) is 4.11. The molecule has 0 aliphatic carbocycles. The van der Waals surface area contributed by atoms with Crippen LogP contribution in [-0.2, 0) is 14.8 Å². The molecule has 7 heteroatoms. The highest BCUT2D eigenvalue weighted by Crippen LogP contribution is 2.28. The Labute approximate surface area is 152 Å². The van der Waals surface area contributed by atoms with E-state index in [4.69, 9.17) is 0 Å². The fraction of sp³-hybridized carbons (Fsp3) is 0.389. The van der Waals surface area contributed by atoms with Crippen LogP contribution in [0.1, 0.15) is 23.3 Å². The molecule has 0 radical (unpaired) electrons. The first kappa shape index (κ1) is 18.1. The molecule has 1 aromatic heterocycles. The number of nitrogens with one attached hydrogen (secondary N) is 1. The normalized spacial score (nSPS) is 16.7. The molecule has 1 amide bonds. The first-order chi connectivity index (χ1) is 11.9. The van der Waals surface area contributed by atoms with Crippen molar-refractivity contribution < 1.29 is 13.2 Å². The van der Waals surface area contributed by atoms with E-state index < -0.39 is 10.0 Å². The second-order valence-corrected chi connectivity index (χ2v) is 9.85. The minimum Gasteiger partial charge on any atom is -0.326 e. The van der Waals surface area contributed by atoms with Crippen molar-refractivity contribution in [3.63, 3.8) is 0 Å². The second-order valence-electron chi connectivity index (χ2n) is 6.40. The van der Waals surface area contributed by atoms with E-state index in [1.165, 1.54) is 15.6 Å². The third-order valence-electron chi connectivity index (χ3n) is 4.42. The SMILES string of the molecule is Cc1cccc(NC(=O)C2CCN(S(=O)(=O)c3ccc(C)s3)CC2)c1. The molecule has 1 aromatic carbocycles. The highest BCUT2D eigenvalue weighted by atomic mass is 32.2. The highest BCUT2D eigenvalue weighted by molar-refractivity contribution is 7.91. The lowest BCUT2D eigenvalue weighted by molar-refractivity contribution is -0.120. The Morgan fingerprint density at radius 3 is 2.48 bits per heavy atom. The molecule has 1 aliphatic rings. The summed E-state index contributed by atoms with van der Waals surface area (Å²) < 4.78 is 27.2. The van der Waals surface area contributed by atoms with Crippen LogP contribution in [0.4, 0.5) is 5.69 Å². The summed E-state index contributed by atoms with van der Waals surface area (Å²) in [6, 6.07) is 11.2. The van der Waals surface area contributed by atoms with Gasteiger partial charge < -0.3 is 5.32 Å². The molecule has 25 heavy (non-hydrogen) atoms. The van der Waals surface area contributed by atoms with Crippen molar-refractivity contribution in [3.8, 4) is 0 Å². The molecule has 0 unspecified atom stereocenters. The van der Waals surface area contributed by atoms with Gasteiger partial charge in [0, 0.05) is 29.6 Å². The van der Waals surface area contributed by atoms with Crippen LogP contribution in [-0.4, -0.2) is 31.7 Å². The molecule has 0 spiro atoms. The Morgan fingerprint density at radius 1 is 1.16 bits per heavy atom. The summed E-state index contributed by atoms with van der Waals surface area (Å²) in [6.45, 7) is 4.63. The van der Waals surface area contributed by atoms with E-state index in [1.807, 2.05) is 44.2 Å². The summed E-state index contributed by atoms with van der Waals surface area (Å²) in [7, 11) is -3.43. The van der Waals surface area contributed by atoms with Gasteiger partial charge in [-0.05, 0) is 56.5 Å². The van der Waals surface area contributed by atoms with Gasteiger partial charge in [-0.25, -0.2) is 8.42 Å².